The van der Waals surface area contributed by atoms with Crippen molar-refractivity contribution in [2.45, 2.75) is 111 Å². The molecule has 0 aromatic carbocycles. The van der Waals surface area contributed by atoms with Gasteiger partial charge in [-0.05, 0) is 111 Å². The molecule has 20 atom stereocenters. The van der Waals surface area contributed by atoms with Crippen molar-refractivity contribution in [1.29, 1.82) is 0 Å². The van der Waals surface area contributed by atoms with E-state index in [0.29, 0.717) is 0 Å². The molecule has 8 aliphatic carbocycles. The Morgan fingerprint density at radius 3 is 0.594 bits per heavy atom. The van der Waals surface area contributed by atoms with Gasteiger partial charge in [-0.2, -0.15) is 0 Å². The summed E-state index contributed by atoms with van der Waals surface area (Å²) in [6.45, 7) is 23.6. The van der Waals surface area contributed by atoms with Crippen molar-refractivity contribution in [2.75, 3.05) is 0 Å². The molecule has 8 saturated carbocycles. The summed E-state index contributed by atoms with van der Waals surface area (Å²) in [5.41, 5.74) is -20.5. The van der Waals surface area contributed by atoms with E-state index < -0.39 is 372 Å². The smallest absolute Gasteiger partial charge is 0.321 e. The zero-order chi connectivity index (χ0) is 95.0. The lowest BCUT2D eigenvalue weighted by molar-refractivity contribution is -0.243. The summed E-state index contributed by atoms with van der Waals surface area (Å²) in [7, 11) is 0. The molecule has 0 spiro atoms. The van der Waals surface area contributed by atoms with Gasteiger partial charge >= 0.3 is 191 Å². The van der Waals surface area contributed by atoms with Crippen LogP contribution in [0.5, 0.6) is 0 Å². The van der Waals surface area contributed by atoms with Crippen molar-refractivity contribution in [3.05, 3.63) is 0 Å². The maximum Gasteiger partial charge on any atom is 0.321 e. The Hall–Kier alpha value is -13.8. The van der Waals surface area contributed by atoms with Crippen LogP contribution in [0.1, 0.15) is 111 Å². The molecule has 48 nitrogen and oxygen atoms in total. The molecular weight excluding hydrogens is 1730 g/mol. The van der Waals surface area contributed by atoms with Gasteiger partial charge in [-0.1, -0.05) is 0 Å². The standard InChI is InChI=1S/C12H12O6.C11H10O6.4C10H8O6.C9H6O6.C8H4O6/c1-9-5(13)17-6(14)10(9,2)12(4)8(16)18-7(15)11(9,12)3;1-9-4(5(12)16-6(9)13)10(2)7(14)17-8(15)11(9,10)3;1-9-3(5(11)15-7(9)13)10(2)4(9)6(12)16-8(10)14;1-9-3(5(11)15-7(9)13)4-6(12)16-8(14)10(4,9)2;2*1-9-3-4(6(12)15-5(3)11)10(9,2)8(14)16-7(9)13;1-9-3-2(5(10)14-6(3)11)4(9)7(12)15-8(9)13;9-5-1-2(6(10)13-5)4-3(1)7(11)14-8(4)12/h1-4H3;4H,1-3H3;4*3-4H,1-2H3;2-4H,1H3;1-4H. The maximum atomic E-state index is 12.0. The number of esters is 32. The van der Waals surface area contributed by atoms with Crippen LogP contribution in [0.15, 0.2) is 0 Å². The number of fused-ring (bicyclic) bond motifs is 32. The van der Waals surface area contributed by atoms with Gasteiger partial charge in [0.25, 0.3) is 0 Å². The predicted octanol–water partition coefficient (Wildman–Crippen LogP) is -4.71. The van der Waals surface area contributed by atoms with Crippen molar-refractivity contribution in [3.63, 3.8) is 0 Å². The average Bonchev–Trinajstić information content (AvgIpc) is 1.42. The molecule has 0 aromatic rings. The molecular formula is C80H64O48. The monoisotopic (exact) mass is 1790 g/mol. The van der Waals surface area contributed by atoms with Crippen molar-refractivity contribution in [1.82, 2.24) is 0 Å². The van der Waals surface area contributed by atoms with E-state index in [-0.39, 0.29) is 0 Å². The van der Waals surface area contributed by atoms with Crippen molar-refractivity contribution in [3.8, 4) is 0 Å². The lowest BCUT2D eigenvalue weighted by Gasteiger charge is -2.65. The highest BCUT2D eigenvalue weighted by atomic mass is 16.7. The van der Waals surface area contributed by atoms with Crippen LogP contribution in [0, 0.1) is 181 Å². The molecule has 16 heterocycles. The molecule has 20 unspecified atom stereocenters. The first-order valence-electron chi connectivity index (χ1n) is 39.0. The van der Waals surface area contributed by atoms with Gasteiger partial charge in [0.2, 0.25) is 0 Å². The highest BCUT2D eigenvalue weighted by Crippen LogP contribution is 2.84. The van der Waals surface area contributed by atoms with Gasteiger partial charge in [0.05, 0.1) is 181 Å². The van der Waals surface area contributed by atoms with Crippen LogP contribution in [0.4, 0.5) is 0 Å². The maximum absolute atomic E-state index is 12.0. The van der Waals surface area contributed by atoms with Crippen LogP contribution >= 0.6 is 0 Å². The minimum Gasteiger partial charge on any atom is -0.393 e. The highest BCUT2D eigenvalue weighted by Gasteiger charge is 2.99. The summed E-state index contributed by atoms with van der Waals surface area (Å²) in [4.78, 5) is 369. The fourth-order valence-corrected chi connectivity index (χ4v) is 26.0. The number of ether oxygens (including phenoxy) is 16. The van der Waals surface area contributed by atoms with E-state index in [1.165, 1.54) is 111 Å². The second-order valence-electron chi connectivity index (χ2n) is 38.2. The number of hydrogen-bond donors (Lipinski definition) is 0. The van der Waals surface area contributed by atoms with Crippen LogP contribution in [0.2, 0.25) is 0 Å². The molecule has 0 bridgehead atoms. The van der Waals surface area contributed by atoms with E-state index in [2.05, 4.69) is 75.8 Å². The predicted molar refractivity (Wildman–Crippen MR) is 363 cm³/mol. The van der Waals surface area contributed by atoms with Crippen LogP contribution in [-0.4, -0.2) is 191 Å². The number of cyclic esters (lactones) is 32. The third-order valence-electron chi connectivity index (χ3n) is 35.1. The minimum atomic E-state index is -1.35. The third kappa shape index (κ3) is 8.21. The topological polar surface area (TPSA) is 694 Å². The molecule has 0 amide bonds. The quantitative estimate of drug-likeness (QED) is 0.125. The number of rotatable bonds is 0. The summed E-state index contributed by atoms with van der Waals surface area (Å²) < 4.78 is 72.2. The Morgan fingerprint density at radius 2 is 0.297 bits per heavy atom. The third-order valence-corrected chi connectivity index (χ3v) is 35.1. The second-order valence-corrected chi connectivity index (χ2v) is 38.2. The molecule has 48 heteroatoms. The minimum absolute atomic E-state index is 0.715. The van der Waals surface area contributed by atoms with E-state index in [1.54, 1.807) is 0 Å². The first-order chi connectivity index (χ1) is 58.8. The SMILES string of the molecule is CC12C(=O)OC(=O)C1(C)C1(C)C(=O)OC(=O)C21C.CC12C(=O)OC(=O)C1(C)C1C(=O)OC(=O)C12.CC12C(=O)OC(=O)C1(C)C1C(=O)OC(=O)C12.CC12C(=O)OC(=O)C1C1(C)C(=O)OC(=O)C21.CC12C(=O)OC(=O)C1C1(C)C(=O)OC(=O)C21C.CC12C(=O)OC(=O)C1C1C(=O)OC(=O)C12.CC12C(=O)OC(=O)C1C1C(=O)OC(=O)C12C.O=C1OC(=O)C2C1C1C(=O)OC(=O)C21. The van der Waals surface area contributed by atoms with Gasteiger partial charge in [0, 0.05) is 0 Å². The van der Waals surface area contributed by atoms with Crippen LogP contribution < -0.4 is 0 Å². The largest absolute Gasteiger partial charge is 0.393 e. The summed E-state index contributed by atoms with van der Waals surface area (Å²) in [6, 6.07) is 0. The van der Waals surface area contributed by atoms with Gasteiger partial charge < -0.3 is 75.8 Å². The van der Waals surface area contributed by atoms with Gasteiger partial charge in [0.1, 0.15) is 0 Å². The molecule has 672 valence electrons. The fraction of sp³-hybridized carbons (Fsp3) is 0.600. The van der Waals surface area contributed by atoms with Gasteiger partial charge in [-0.25, -0.2) is 0 Å². The molecule has 0 N–H and O–H groups in total. The first kappa shape index (κ1) is 86.4. The molecule has 0 aromatic heterocycles. The van der Waals surface area contributed by atoms with E-state index in [0.717, 1.165) is 0 Å². The normalized spacial score (nSPS) is 49.4. The molecule has 16 saturated heterocycles. The molecule has 0 radical (unpaired) electrons. The summed E-state index contributed by atoms with van der Waals surface area (Å²) >= 11 is 0. The molecule has 24 fully saturated rings. The average molecular weight is 1790 g/mol. The number of carbonyl (C=O) groups excluding carboxylic acids is 32. The van der Waals surface area contributed by atoms with E-state index in [1.807, 2.05) is 0 Å². The molecule has 128 heavy (non-hydrogen) atoms. The molecule has 24 aliphatic rings. The Kier molecular flexibility index (Phi) is 16.4. The zero-order valence-corrected chi connectivity index (χ0v) is 68.8. The van der Waals surface area contributed by atoms with Gasteiger partial charge in [0.15, 0.2) is 0 Å². The molecule has 24 rings (SSSR count). The second kappa shape index (κ2) is 24.3. The van der Waals surface area contributed by atoms with Gasteiger partial charge in [-0.3, -0.25) is 153 Å². The zero-order valence-electron chi connectivity index (χ0n) is 68.8. The number of hydrogen-bond acceptors (Lipinski definition) is 48. The highest BCUT2D eigenvalue weighted by molar-refractivity contribution is 6.22. The Balaban J connectivity index is 0.000000103. The van der Waals surface area contributed by atoms with Crippen LogP contribution in [0.3, 0.4) is 0 Å². The van der Waals surface area contributed by atoms with E-state index in [4.69, 9.17) is 0 Å². The summed E-state index contributed by atoms with van der Waals surface area (Å²) in [6.07, 6.45) is 0. The Bertz CT molecular complexity index is 5360. The van der Waals surface area contributed by atoms with Crippen LogP contribution in [-0.2, 0) is 229 Å². The first-order valence-corrected chi connectivity index (χ1v) is 39.0. The van der Waals surface area contributed by atoms with E-state index >= 15 is 0 Å². The Labute approximate surface area is 709 Å². The lowest BCUT2D eigenvalue weighted by Crippen LogP contribution is -2.77. The summed E-state index contributed by atoms with van der Waals surface area (Å²) in [5.74, 6) is -37.2. The van der Waals surface area contributed by atoms with Crippen LogP contribution in [0.25, 0.3) is 0 Å². The number of carbonyl (C=O) groups is 32. The Morgan fingerprint density at radius 1 is 0.133 bits per heavy atom. The van der Waals surface area contributed by atoms with Crippen molar-refractivity contribution >= 4 is 191 Å². The van der Waals surface area contributed by atoms with Gasteiger partial charge in [-0.15, -0.1) is 0 Å². The van der Waals surface area contributed by atoms with Crippen molar-refractivity contribution in [2.24, 2.45) is 181 Å². The lowest BCUT2D eigenvalue weighted by atomic mass is 9.27. The van der Waals surface area contributed by atoms with E-state index in [9.17, 15) is 153 Å². The van der Waals surface area contributed by atoms with Crippen molar-refractivity contribution < 1.29 is 229 Å². The fourth-order valence-electron chi connectivity index (χ4n) is 26.0. The molecule has 16 aliphatic heterocycles. The summed E-state index contributed by atoms with van der Waals surface area (Å²) in [5, 5.41) is 0.